The Balaban J connectivity index is 2.03. The first kappa shape index (κ1) is 16.4. The van der Waals surface area contributed by atoms with Crippen molar-refractivity contribution in [3.8, 4) is 0 Å². The summed E-state index contributed by atoms with van der Waals surface area (Å²) in [6.07, 6.45) is 4.46. The van der Waals surface area contributed by atoms with Crippen molar-refractivity contribution in [2.24, 2.45) is 0 Å². The van der Waals surface area contributed by atoms with Gasteiger partial charge in [0.2, 0.25) is 5.91 Å². The van der Waals surface area contributed by atoms with E-state index in [1.165, 1.54) is 6.42 Å². The number of nitrogens with zero attached hydrogens (tertiary/aromatic N) is 1. The predicted octanol–water partition coefficient (Wildman–Crippen LogP) is 1.03. The van der Waals surface area contributed by atoms with E-state index < -0.39 is 0 Å². The molecule has 0 spiro atoms. The quantitative estimate of drug-likeness (QED) is 0.637. The summed E-state index contributed by atoms with van der Waals surface area (Å²) in [6.45, 7) is 6.59. The minimum absolute atomic E-state index is 0.0860. The third-order valence-corrected chi connectivity index (χ3v) is 3.39. The zero-order chi connectivity index (χ0) is 13.9. The van der Waals surface area contributed by atoms with Crippen LogP contribution < -0.4 is 5.32 Å². The molecule has 1 unspecified atom stereocenters. The van der Waals surface area contributed by atoms with Gasteiger partial charge in [0.15, 0.2) is 0 Å². The first-order valence-corrected chi connectivity index (χ1v) is 7.34. The van der Waals surface area contributed by atoms with Crippen LogP contribution in [0, 0.1) is 0 Å². The van der Waals surface area contributed by atoms with Crippen LogP contribution in [-0.2, 0) is 14.3 Å². The second-order valence-electron chi connectivity index (χ2n) is 5.02. The molecule has 0 aromatic heterocycles. The van der Waals surface area contributed by atoms with Gasteiger partial charge in [-0.05, 0) is 39.2 Å². The highest BCUT2D eigenvalue weighted by molar-refractivity contribution is 5.81. The molecular formula is C14H28N2O3. The molecule has 1 N–H and O–H groups in total. The Bertz CT molecular complexity index is 243. The number of likely N-dealkylation sites (tertiary alicyclic amines) is 1. The van der Waals surface area contributed by atoms with Crippen LogP contribution in [0.2, 0.25) is 0 Å². The molecule has 1 fully saturated rings. The van der Waals surface area contributed by atoms with Gasteiger partial charge in [-0.25, -0.2) is 0 Å². The number of methoxy groups -OCH3 is 1. The van der Waals surface area contributed by atoms with Crippen LogP contribution in [0.4, 0.5) is 0 Å². The second kappa shape index (κ2) is 10.2. The molecule has 0 aliphatic carbocycles. The molecule has 5 heteroatoms. The molecule has 1 atom stereocenters. The Morgan fingerprint density at radius 2 is 1.95 bits per heavy atom. The minimum atomic E-state index is -0.0860. The Kier molecular flexibility index (Phi) is 8.79. The number of nitrogens with one attached hydrogen (secondary N) is 1. The van der Waals surface area contributed by atoms with Gasteiger partial charge in [0, 0.05) is 26.8 Å². The van der Waals surface area contributed by atoms with Gasteiger partial charge in [-0.2, -0.15) is 0 Å². The molecule has 112 valence electrons. The van der Waals surface area contributed by atoms with Crippen molar-refractivity contribution >= 4 is 5.91 Å². The number of rotatable bonds is 9. The maximum Gasteiger partial charge on any atom is 0.239 e. The van der Waals surface area contributed by atoms with Gasteiger partial charge < -0.3 is 19.7 Å². The van der Waals surface area contributed by atoms with Crippen molar-refractivity contribution in [1.82, 2.24) is 10.2 Å². The molecule has 0 saturated carbocycles. The van der Waals surface area contributed by atoms with Crippen molar-refractivity contribution in [3.05, 3.63) is 0 Å². The molecular weight excluding hydrogens is 244 g/mol. The third-order valence-electron chi connectivity index (χ3n) is 3.39. The van der Waals surface area contributed by atoms with Gasteiger partial charge >= 0.3 is 0 Å². The second-order valence-corrected chi connectivity index (χ2v) is 5.02. The zero-order valence-corrected chi connectivity index (χ0v) is 12.3. The van der Waals surface area contributed by atoms with E-state index in [1.807, 2.05) is 11.8 Å². The number of carbonyl (C=O) groups excluding carboxylic acids is 1. The lowest BCUT2D eigenvalue weighted by atomic mass is 10.1. The van der Waals surface area contributed by atoms with Gasteiger partial charge in [0.05, 0.1) is 19.3 Å². The van der Waals surface area contributed by atoms with Crippen molar-refractivity contribution in [3.63, 3.8) is 0 Å². The van der Waals surface area contributed by atoms with Crippen LogP contribution in [0.25, 0.3) is 0 Å². The predicted molar refractivity (Wildman–Crippen MR) is 75.2 cm³/mol. The molecule has 1 rings (SSSR count). The van der Waals surface area contributed by atoms with Crippen LogP contribution >= 0.6 is 0 Å². The largest absolute Gasteiger partial charge is 0.382 e. The van der Waals surface area contributed by atoms with Gasteiger partial charge in [0.1, 0.15) is 0 Å². The van der Waals surface area contributed by atoms with Crippen molar-refractivity contribution in [2.45, 2.75) is 38.6 Å². The number of hydrogen-bond acceptors (Lipinski definition) is 4. The summed E-state index contributed by atoms with van der Waals surface area (Å²) in [5, 5.41) is 3.27. The summed E-state index contributed by atoms with van der Waals surface area (Å²) in [5.41, 5.74) is 0. The molecule has 1 aliphatic rings. The van der Waals surface area contributed by atoms with Gasteiger partial charge in [0.25, 0.3) is 0 Å². The first-order valence-electron chi connectivity index (χ1n) is 7.34. The molecule has 0 aromatic carbocycles. The SMILES string of the molecule is COCCOCCCNC(C)C(=O)N1CCCCC1. The van der Waals surface area contributed by atoms with Crippen molar-refractivity contribution < 1.29 is 14.3 Å². The van der Waals surface area contributed by atoms with E-state index in [-0.39, 0.29) is 11.9 Å². The minimum Gasteiger partial charge on any atom is -0.382 e. The summed E-state index contributed by atoms with van der Waals surface area (Å²) < 4.78 is 10.3. The lowest BCUT2D eigenvalue weighted by Gasteiger charge is -2.29. The number of carbonyl (C=O) groups is 1. The Morgan fingerprint density at radius 3 is 2.63 bits per heavy atom. The summed E-state index contributed by atoms with van der Waals surface area (Å²) in [6, 6.07) is -0.0860. The number of amides is 1. The molecule has 0 radical (unpaired) electrons. The third kappa shape index (κ3) is 6.89. The number of piperidine rings is 1. The highest BCUT2D eigenvalue weighted by Gasteiger charge is 2.21. The van der Waals surface area contributed by atoms with E-state index in [2.05, 4.69) is 5.32 Å². The smallest absolute Gasteiger partial charge is 0.239 e. The van der Waals surface area contributed by atoms with Crippen LogP contribution in [0.15, 0.2) is 0 Å². The van der Waals surface area contributed by atoms with Crippen molar-refractivity contribution in [2.75, 3.05) is 46.6 Å². The average Bonchev–Trinajstić information content (AvgIpc) is 2.46. The molecule has 1 aliphatic heterocycles. The van der Waals surface area contributed by atoms with Gasteiger partial charge in [-0.15, -0.1) is 0 Å². The molecule has 1 heterocycles. The molecule has 19 heavy (non-hydrogen) atoms. The highest BCUT2D eigenvalue weighted by atomic mass is 16.5. The fourth-order valence-corrected chi connectivity index (χ4v) is 2.21. The maximum atomic E-state index is 12.1. The topological polar surface area (TPSA) is 50.8 Å². The standard InChI is InChI=1S/C14H28N2O3/c1-13(14(17)16-8-4-3-5-9-16)15-7-6-10-19-12-11-18-2/h13,15H,3-12H2,1-2H3. The first-order chi connectivity index (χ1) is 9.25. The molecule has 0 bridgehead atoms. The Hall–Kier alpha value is -0.650. The molecule has 0 aromatic rings. The number of hydrogen-bond donors (Lipinski definition) is 1. The molecule has 1 amide bonds. The summed E-state index contributed by atoms with van der Waals surface area (Å²) >= 11 is 0. The van der Waals surface area contributed by atoms with E-state index in [9.17, 15) is 4.79 Å². The van der Waals surface area contributed by atoms with Crippen LogP contribution in [-0.4, -0.2) is 63.4 Å². The Morgan fingerprint density at radius 1 is 1.21 bits per heavy atom. The van der Waals surface area contributed by atoms with Crippen LogP contribution in [0.1, 0.15) is 32.6 Å². The maximum absolute atomic E-state index is 12.1. The van der Waals surface area contributed by atoms with Crippen LogP contribution in [0.3, 0.4) is 0 Å². The molecule has 1 saturated heterocycles. The zero-order valence-electron chi connectivity index (χ0n) is 12.3. The lowest BCUT2D eigenvalue weighted by molar-refractivity contribution is -0.133. The van der Waals surface area contributed by atoms with Gasteiger partial charge in [-0.1, -0.05) is 0 Å². The molecule has 5 nitrogen and oxygen atoms in total. The Labute approximate surface area is 116 Å². The average molecular weight is 272 g/mol. The van der Waals surface area contributed by atoms with Gasteiger partial charge in [-0.3, -0.25) is 4.79 Å². The summed E-state index contributed by atoms with van der Waals surface area (Å²) in [4.78, 5) is 14.1. The monoisotopic (exact) mass is 272 g/mol. The lowest BCUT2D eigenvalue weighted by Crippen LogP contribution is -2.47. The number of ether oxygens (including phenoxy) is 2. The fourth-order valence-electron chi connectivity index (χ4n) is 2.21. The van der Waals surface area contributed by atoms with E-state index in [4.69, 9.17) is 9.47 Å². The summed E-state index contributed by atoms with van der Waals surface area (Å²) in [7, 11) is 1.67. The fraction of sp³-hybridized carbons (Fsp3) is 0.929. The van der Waals surface area contributed by atoms with E-state index >= 15 is 0 Å². The van der Waals surface area contributed by atoms with E-state index in [1.54, 1.807) is 7.11 Å². The highest BCUT2D eigenvalue weighted by Crippen LogP contribution is 2.09. The van der Waals surface area contributed by atoms with E-state index in [0.717, 1.165) is 38.9 Å². The van der Waals surface area contributed by atoms with Crippen molar-refractivity contribution in [1.29, 1.82) is 0 Å². The van der Waals surface area contributed by atoms with E-state index in [0.29, 0.717) is 19.8 Å². The normalized spacial score (nSPS) is 17.5. The summed E-state index contributed by atoms with van der Waals surface area (Å²) in [5.74, 6) is 0.236. The van der Waals surface area contributed by atoms with Crippen LogP contribution in [0.5, 0.6) is 0 Å².